The summed E-state index contributed by atoms with van der Waals surface area (Å²) in [7, 11) is 0. The third-order valence-corrected chi connectivity index (χ3v) is 7.23. The Bertz CT molecular complexity index is 1450. The first-order chi connectivity index (χ1) is 17.5. The molecule has 1 aromatic carbocycles. The highest BCUT2D eigenvalue weighted by Crippen LogP contribution is 2.35. The van der Waals surface area contributed by atoms with Crippen LogP contribution in [0.15, 0.2) is 55.0 Å². The molecule has 9 heteroatoms. The molecule has 2 aliphatic rings. The molecule has 2 aliphatic heterocycles. The number of pyridine rings is 2. The first-order valence-corrected chi connectivity index (χ1v) is 12.2. The molecular formula is C27H27FN6O2. The van der Waals surface area contributed by atoms with E-state index in [1.807, 2.05) is 41.8 Å². The minimum absolute atomic E-state index is 0.150. The zero-order valence-corrected chi connectivity index (χ0v) is 19.9. The van der Waals surface area contributed by atoms with Crippen molar-refractivity contribution in [3.8, 4) is 11.3 Å². The van der Waals surface area contributed by atoms with Crippen LogP contribution in [-0.2, 0) is 6.54 Å². The summed E-state index contributed by atoms with van der Waals surface area (Å²) in [6.45, 7) is 4.02. The maximum absolute atomic E-state index is 13.6. The monoisotopic (exact) mass is 486 g/mol. The topological polar surface area (TPSA) is 94.8 Å². The molecule has 184 valence electrons. The van der Waals surface area contributed by atoms with Gasteiger partial charge in [0.25, 0.3) is 5.91 Å². The van der Waals surface area contributed by atoms with Gasteiger partial charge in [0.1, 0.15) is 17.3 Å². The summed E-state index contributed by atoms with van der Waals surface area (Å²) in [5, 5.41) is 16.2. The first kappa shape index (κ1) is 22.5. The van der Waals surface area contributed by atoms with E-state index in [1.54, 1.807) is 12.4 Å². The van der Waals surface area contributed by atoms with Crippen molar-refractivity contribution in [3.05, 3.63) is 71.9 Å². The van der Waals surface area contributed by atoms with Crippen LogP contribution in [0.2, 0.25) is 0 Å². The lowest BCUT2D eigenvalue weighted by Gasteiger charge is -2.35. The summed E-state index contributed by atoms with van der Waals surface area (Å²) in [5.74, 6) is 0.414. The third-order valence-electron chi connectivity index (χ3n) is 7.23. The number of nitrogens with one attached hydrogen (secondary N) is 2. The van der Waals surface area contributed by atoms with Gasteiger partial charge in [-0.05, 0) is 49.6 Å². The van der Waals surface area contributed by atoms with Gasteiger partial charge in [-0.3, -0.25) is 9.20 Å². The van der Waals surface area contributed by atoms with E-state index < -0.39 is 0 Å². The Hall–Kier alpha value is -3.98. The predicted octanol–water partition coefficient (Wildman–Crippen LogP) is 4.12. The van der Waals surface area contributed by atoms with Crippen molar-refractivity contribution in [2.75, 3.05) is 23.3 Å². The van der Waals surface area contributed by atoms with E-state index in [0.717, 1.165) is 48.4 Å². The number of rotatable bonds is 5. The van der Waals surface area contributed by atoms with E-state index in [4.69, 9.17) is 0 Å². The summed E-state index contributed by atoms with van der Waals surface area (Å²) in [5.41, 5.74) is 5.31. The molecule has 3 N–H and O–H groups in total. The number of nitrogens with zero attached hydrogens (tertiary/aromatic N) is 4. The summed E-state index contributed by atoms with van der Waals surface area (Å²) in [6.07, 6.45) is 6.94. The number of anilines is 3. The molecule has 8 nitrogen and oxygen atoms in total. The molecule has 0 aliphatic carbocycles. The molecule has 2 atom stereocenters. The van der Waals surface area contributed by atoms with E-state index in [-0.39, 0.29) is 23.7 Å². The molecule has 0 bridgehead atoms. The Morgan fingerprint density at radius 2 is 2.08 bits per heavy atom. The smallest absolute Gasteiger partial charge is 0.254 e. The van der Waals surface area contributed by atoms with Crippen molar-refractivity contribution < 1.29 is 14.3 Å². The fourth-order valence-corrected chi connectivity index (χ4v) is 5.27. The summed E-state index contributed by atoms with van der Waals surface area (Å²) < 4.78 is 15.4. The fourth-order valence-electron chi connectivity index (χ4n) is 5.27. The molecule has 36 heavy (non-hydrogen) atoms. The van der Waals surface area contributed by atoms with E-state index in [1.165, 1.54) is 12.1 Å². The van der Waals surface area contributed by atoms with Crippen molar-refractivity contribution in [2.45, 2.75) is 32.4 Å². The number of aromatic nitrogens is 3. The summed E-state index contributed by atoms with van der Waals surface area (Å²) >= 11 is 0. The van der Waals surface area contributed by atoms with Gasteiger partial charge in [-0.1, -0.05) is 6.07 Å². The number of aliphatic hydroxyl groups excluding tert-OH is 1. The summed E-state index contributed by atoms with van der Waals surface area (Å²) in [4.78, 5) is 24.0. The third kappa shape index (κ3) is 3.95. The highest BCUT2D eigenvalue weighted by atomic mass is 19.1. The fraction of sp³-hybridized carbons (Fsp3) is 0.296. The second-order valence-electron chi connectivity index (χ2n) is 9.53. The van der Waals surface area contributed by atoms with Gasteiger partial charge in [0, 0.05) is 43.4 Å². The molecule has 1 fully saturated rings. The second kappa shape index (κ2) is 8.91. The number of benzene rings is 1. The van der Waals surface area contributed by atoms with Gasteiger partial charge in [0.05, 0.1) is 41.1 Å². The summed E-state index contributed by atoms with van der Waals surface area (Å²) in [6, 6.07) is 10.5. The quantitative estimate of drug-likeness (QED) is 0.393. The average molecular weight is 487 g/mol. The molecule has 1 amide bonds. The number of hydrogen-bond donors (Lipinski definition) is 3. The molecule has 3 aromatic heterocycles. The number of halogens is 1. The van der Waals surface area contributed by atoms with Crippen LogP contribution in [0, 0.1) is 11.7 Å². The highest BCUT2D eigenvalue weighted by Gasteiger charge is 2.28. The molecule has 0 unspecified atom stereocenters. The maximum Gasteiger partial charge on any atom is 0.254 e. The lowest BCUT2D eigenvalue weighted by atomic mass is 9.93. The Kier molecular flexibility index (Phi) is 5.56. The Morgan fingerprint density at radius 3 is 2.89 bits per heavy atom. The number of imidazole rings is 1. The average Bonchev–Trinajstić information content (AvgIpc) is 3.48. The van der Waals surface area contributed by atoms with Crippen LogP contribution in [0.4, 0.5) is 21.6 Å². The number of hydrogen-bond acceptors (Lipinski definition) is 6. The molecule has 0 spiro atoms. The van der Waals surface area contributed by atoms with Crippen molar-refractivity contribution in [2.24, 2.45) is 5.92 Å². The van der Waals surface area contributed by atoms with Crippen molar-refractivity contribution in [1.82, 2.24) is 19.7 Å². The molecule has 1 saturated heterocycles. The van der Waals surface area contributed by atoms with Gasteiger partial charge in [-0.2, -0.15) is 0 Å². The van der Waals surface area contributed by atoms with Gasteiger partial charge in [-0.25, -0.2) is 14.4 Å². The van der Waals surface area contributed by atoms with Gasteiger partial charge in [-0.15, -0.1) is 0 Å². The zero-order valence-electron chi connectivity index (χ0n) is 19.9. The predicted molar refractivity (Wildman–Crippen MR) is 136 cm³/mol. The Morgan fingerprint density at radius 1 is 1.19 bits per heavy atom. The molecule has 4 aromatic rings. The van der Waals surface area contributed by atoms with Crippen LogP contribution in [0.3, 0.4) is 0 Å². The normalized spacial score (nSPS) is 18.2. The standard InChI is InChI=1S/C27H27FN6O2/c1-16(35)17-3-2-9-33(15-17)19-4-7-24(29-12-19)32-22-6-5-20(21-13-31-27(36)26(21)22)23-14-30-25-11-18(28)8-10-34(23)25/h4-8,10-12,14,16-17,35H,2-3,9,13,15H2,1H3,(H,29,32)(H,31,36)/t16-,17-/m0/s1. The van der Waals surface area contributed by atoms with E-state index in [0.29, 0.717) is 29.3 Å². The SMILES string of the molecule is C[C@H](O)[C@H]1CCCN(c2ccc(Nc3ccc(-c4cnc5cc(F)ccn45)c4c3C(=O)NC4)nc2)C1. The van der Waals surface area contributed by atoms with E-state index in [9.17, 15) is 14.3 Å². The van der Waals surface area contributed by atoms with E-state index >= 15 is 0 Å². The number of carbonyl (C=O) groups is 1. The van der Waals surface area contributed by atoms with Crippen LogP contribution in [0.5, 0.6) is 0 Å². The lowest BCUT2D eigenvalue weighted by molar-refractivity contribution is 0.0966. The van der Waals surface area contributed by atoms with Crippen LogP contribution in [0.1, 0.15) is 35.7 Å². The molecule has 5 heterocycles. The van der Waals surface area contributed by atoms with Crippen LogP contribution >= 0.6 is 0 Å². The maximum atomic E-state index is 13.6. The van der Waals surface area contributed by atoms with Crippen LogP contribution in [-0.4, -0.2) is 44.6 Å². The van der Waals surface area contributed by atoms with Crippen molar-refractivity contribution >= 4 is 28.7 Å². The largest absolute Gasteiger partial charge is 0.393 e. The molecule has 0 saturated carbocycles. The van der Waals surface area contributed by atoms with Gasteiger partial charge < -0.3 is 20.6 Å². The minimum atomic E-state index is -0.345. The van der Waals surface area contributed by atoms with Gasteiger partial charge >= 0.3 is 0 Å². The first-order valence-electron chi connectivity index (χ1n) is 12.2. The van der Waals surface area contributed by atoms with Crippen LogP contribution in [0.25, 0.3) is 16.9 Å². The lowest BCUT2D eigenvalue weighted by Crippen LogP contribution is -2.39. The minimum Gasteiger partial charge on any atom is -0.393 e. The van der Waals surface area contributed by atoms with Crippen LogP contribution < -0.4 is 15.5 Å². The number of aliphatic hydroxyl groups is 1. The second-order valence-corrected chi connectivity index (χ2v) is 9.53. The molecule has 6 rings (SSSR count). The van der Waals surface area contributed by atoms with Gasteiger partial charge in [0.2, 0.25) is 0 Å². The Balaban J connectivity index is 1.28. The number of carbonyl (C=O) groups excluding carboxylic acids is 1. The zero-order chi connectivity index (χ0) is 24.8. The number of piperidine rings is 1. The van der Waals surface area contributed by atoms with Crippen molar-refractivity contribution in [3.63, 3.8) is 0 Å². The molecular weight excluding hydrogens is 459 g/mol. The highest BCUT2D eigenvalue weighted by molar-refractivity contribution is 6.06. The van der Waals surface area contributed by atoms with Gasteiger partial charge in [0.15, 0.2) is 0 Å². The Labute approximate surface area is 207 Å². The number of fused-ring (bicyclic) bond motifs is 2. The number of amides is 1. The van der Waals surface area contributed by atoms with E-state index in [2.05, 4.69) is 25.5 Å². The van der Waals surface area contributed by atoms with Crippen molar-refractivity contribution in [1.29, 1.82) is 0 Å². The molecule has 0 radical (unpaired) electrons.